The zero-order chi connectivity index (χ0) is 13.0. The summed E-state index contributed by atoms with van der Waals surface area (Å²) < 4.78 is 30.9. The Morgan fingerprint density at radius 1 is 1.17 bits per heavy atom. The van der Waals surface area contributed by atoms with Crippen molar-refractivity contribution in [3.63, 3.8) is 0 Å². The lowest BCUT2D eigenvalue weighted by atomic mass is 9.96. The predicted molar refractivity (Wildman–Crippen MR) is 67.7 cm³/mol. The molecule has 0 bridgehead atoms. The van der Waals surface area contributed by atoms with E-state index in [0.717, 1.165) is 32.1 Å². The van der Waals surface area contributed by atoms with Crippen molar-refractivity contribution in [1.29, 1.82) is 0 Å². The maximum atomic E-state index is 11.8. The van der Waals surface area contributed by atoms with E-state index in [1.54, 1.807) is 12.1 Å². The van der Waals surface area contributed by atoms with Gasteiger partial charge < -0.3 is 9.29 Å². The minimum atomic E-state index is -3.87. The Morgan fingerprint density at radius 2 is 1.83 bits per heavy atom. The molecule has 0 aliphatic heterocycles. The number of hydrogen-bond donors (Lipinski definition) is 2. The number of para-hydroxylation sites is 2. The van der Waals surface area contributed by atoms with Gasteiger partial charge in [0, 0.05) is 6.04 Å². The third-order valence-electron chi connectivity index (χ3n) is 2.98. The van der Waals surface area contributed by atoms with Crippen LogP contribution in [0.2, 0.25) is 0 Å². The first-order chi connectivity index (χ1) is 8.57. The number of hydrogen-bond acceptors (Lipinski definition) is 4. The van der Waals surface area contributed by atoms with Gasteiger partial charge in [0.2, 0.25) is 0 Å². The van der Waals surface area contributed by atoms with E-state index in [-0.39, 0.29) is 17.5 Å². The highest BCUT2D eigenvalue weighted by Crippen LogP contribution is 2.26. The van der Waals surface area contributed by atoms with E-state index < -0.39 is 10.3 Å². The highest BCUT2D eigenvalue weighted by Gasteiger charge is 2.22. The third-order valence-corrected chi connectivity index (χ3v) is 4.00. The van der Waals surface area contributed by atoms with Crippen LogP contribution < -0.4 is 8.91 Å². The van der Waals surface area contributed by atoms with Crippen LogP contribution in [0.25, 0.3) is 0 Å². The largest absolute Gasteiger partial charge is 0.504 e. The fraction of sp³-hybridized carbons (Fsp3) is 0.500. The summed E-state index contributed by atoms with van der Waals surface area (Å²) in [5.74, 6) is -0.243. The van der Waals surface area contributed by atoms with E-state index in [2.05, 4.69) is 4.72 Å². The zero-order valence-electron chi connectivity index (χ0n) is 10.0. The number of phenols is 1. The first-order valence-corrected chi connectivity index (χ1v) is 7.47. The molecular formula is C12H17NO4S. The molecule has 1 aliphatic carbocycles. The predicted octanol–water partition coefficient (Wildman–Crippen LogP) is 1.94. The molecule has 0 amide bonds. The molecule has 6 heteroatoms. The van der Waals surface area contributed by atoms with Gasteiger partial charge in [0.25, 0.3) is 0 Å². The minimum Gasteiger partial charge on any atom is -0.504 e. The molecule has 0 heterocycles. The van der Waals surface area contributed by atoms with Gasteiger partial charge in [-0.25, -0.2) is 0 Å². The molecule has 0 radical (unpaired) electrons. The molecule has 0 aromatic heterocycles. The first kappa shape index (κ1) is 13.2. The summed E-state index contributed by atoms with van der Waals surface area (Å²) in [5, 5.41) is 9.46. The summed E-state index contributed by atoms with van der Waals surface area (Å²) in [6, 6.07) is 5.93. The standard InChI is InChI=1S/C12H17NO4S/c14-11-8-4-5-9-12(11)17-18(15,16)13-10-6-2-1-3-7-10/h4-5,8-10,13-14H,1-3,6-7H2. The lowest BCUT2D eigenvalue weighted by molar-refractivity contribution is 0.383. The van der Waals surface area contributed by atoms with Crippen molar-refractivity contribution in [1.82, 2.24) is 4.72 Å². The Bertz CT molecular complexity index is 495. The Hall–Kier alpha value is -1.27. The van der Waals surface area contributed by atoms with Gasteiger partial charge in [-0.3, -0.25) is 0 Å². The van der Waals surface area contributed by atoms with Crippen LogP contribution in [0.5, 0.6) is 11.5 Å². The summed E-state index contributed by atoms with van der Waals surface area (Å²) in [6.07, 6.45) is 4.89. The van der Waals surface area contributed by atoms with Crippen molar-refractivity contribution in [2.45, 2.75) is 38.1 Å². The van der Waals surface area contributed by atoms with Gasteiger partial charge in [0.15, 0.2) is 11.5 Å². The fourth-order valence-corrected chi connectivity index (χ4v) is 3.16. The maximum Gasteiger partial charge on any atom is 0.382 e. The average Bonchev–Trinajstić information content (AvgIpc) is 2.32. The molecule has 5 nitrogen and oxygen atoms in total. The molecule has 1 fully saturated rings. The Kier molecular flexibility index (Phi) is 4.08. The topological polar surface area (TPSA) is 75.6 Å². The summed E-state index contributed by atoms with van der Waals surface area (Å²) in [5.41, 5.74) is 0. The van der Waals surface area contributed by atoms with Crippen LogP contribution >= 0.6 is 0 Å². The molecule has 0 atom stereocenters. The normalized spacial score (nSPS) is 17.6. The van der Waals surface area contributed by atoms with Gasteiger partial charge in [0.05, 0.1) is 0 Å². The van der Waals surface area contributed by atoms with Crippen molar-refractivity contribution in [2.24, 2.45) is 0 Å². The molecule has 1 saturated carbocycles. The SMILES string of the molecule is O=S(=O)(NC1CCCCC1)Oc1ccccc1O. The van der Waals surface area contributed by atoms with Crippen LogP contribution in [0.15, 0.2) is 24.3 Å². The summed E-state index contributed by atoms with van der Waals surface area (Å²) in [7, 11) is -3.87. The van der Waals surface area contributed by atoms with Gasteiger partial charge in [-0.2, -0.15) is 13.1 Å². The lowest BCUT2D eigenvalue weighted by Gasteiger charge is -2.22. The van der Waals surface area contributed by atoms with Crippen LogP contribution in [0.1, 0.15) is 32.1 Å². The summed E-state index contributed by atoms with van der Waals surface area (Å²) in [6.45, 7) is 0. The van der Waals surface area contributed by atoms with Crippen LogP contribution in [0.4, 0.5) is 0 Å². The molecule has 0 saturated heterocycles. The first-order valence-electron chi connectivity index (χ1n) is 6.06. The molecule has 1 aliphatic rings. The second-order valence-electron chi connectivity index (χ2n) is 4.46. The van der Waals surface area contributed by atoms with E-state index in [9.17, 15) is 13.5 Å². The van der Waals surface area contributed by atoms with Gasteiger partial charge in [-0.05, 0) is 25.0 Å². The van der Waals surface area contributed by atoms with Gasteiger partial charge in [0.1, 0.15) is 0 Å². The number of aromatic hydroxyl groups is 1. The van der Waals surface area contributed by atoms with Crippen molar-refractivity contribution in [3.8, 4) is 11.5 Å². The van der Waals surface area contributed by atoms with Crippen molar-refractivity contribution in [2.75, 3.05) is 0 Å². The number of nitrogens with one attached hydrogen (secondary N) is 1. The molecule has 1 aromatic carbocycles. The van der Waals surface area contributed by atoms with Crippen LogP contribution in [0, 0.1) is 0 Å². The molecule has 0 spiro atoms. The van der Waals surface area contributed by atoms with E-state index in [4.69, 9.17) is 4.18 Å². The average molecular weight is 271 g/mol. The molecule has 18 heavy (non-hydrogen) atoms. The second-order valence-corrected chi connectivity index (χ2v) is 5.77. The highest BCUT2D eigenvalue weighted by atomic mass is 32.2. The second kappa shape index (κ2) is 5.58. The molecule has 2 N–H and O–H groups in total. The van der Waals surface area contributed by atoms with E-state index >= 15 is 0 Å². The van der Waals surface area contributed by atoms with Crippen LogP contribution in [0.3, 0.4) is 0 Å². The molecule has 100 valence electrons. The maximum absolute atomic E-state index is 11.8. The molecule has 0 unspecified atom stereocenters. The van der Waals surface area contributed by atoms with E-state index in [1.807, 2.05) is 0 Å². The number of benzene rings is 1. The van der Waals surface area contributed by atoms with Crippen LogP contribution in [-0.2, 0) is 10.3 Å². The Morgan fingerprint density at radius 3 is 2.50 bits per heavy atom. The Balaban J connectivity index is 2.01. The Labute approximate surface area is 107 Å². The minimum absolute atomic E-state index is 0.0548. The fourth-order valence-electron chi connectivity index (χ4n) is 2.09. The molecule has 1 aromatic rings. The number of phenolic OH excluding ortho intramolecular Hbond substituents is 1. The molecular weight excluding hydrogens is 254 g/mol. The summed E-state index contributed by atoms with van der Waals surface area (Å²) >= 11 is 0. The van der Waals surface area contributed by atoms with Crippen molar-refractivity contribution < 1.29 is 17.7 Å². The van der Waals surface area contributed by atoms with Gasteiger partial charge >= 0.3 is 10.3 Å². The monoisotopic (exact) mass is 271 g/mol. The van der Waals surface area contributed by atoms with E-state index in [0.29, 0.717) is 0 Å². The molecule has 2 rings (SSSR count). The third kappa shape index (κ3) is 3.61. The zero-order valence-corrected chi connectivity index (χ0v) is 10.8. The van der Waals surface area contributed by atoms with Crippen molar-refractivity contribution in [3.05, 3.63) is 24.3 Å². The van der Waals surface area contributed by atoms with Crippen molar-refractivity contribution >= 4 is 10.3 Å². The van der Waals surface area contributed by atoms with E-state index in [1.165, 1.54) is 12.1 Å². The smallest absolute Gasteiger partial charge is 0.382 e. The lowest BCUT2D eigenvalue weighted by Crippen LogP contribution is -2.38. The van der Waals surface area contributed by atoms with Crippen LogP contribution in [-0.4, -0.2) is 19.6 Å². The number of rotatable bonds is 4. The quantitative estimate of drug-likeness (QED) is 0.877. The van der Waals surface area contributed by atoms with Gasteiger partial charge in [-0.15, -0.1) is 0 Å². The summed E-state index contributed by atoms with van der Waals surface area (Å²) in [4.78, 5) is 0. The van der Waals surface area contributed by atoms with Gasteiger partial charge in [-0.1, -0.05) is 31.4 Å². The highest BCUT2D eigenvalue weighted by molar-refractivity contribution is 7.85.